The summed E-state index contributed by atoms with van der Waals surface area (Å²) >= 11 is 0. The molecule has 1 saturated heterocycles. The van der Waals surface area contributed by atoms with Gasteiger partial charge in [0.2, 0.25) is 0 Å². The van der Waals surface area contributed by atoms with Gasteiger partial charge in [-0.25, -0.2) is 9.78 Å². The van der Waals surface area contributed by atoms with Crippen molar-refractivity contribution in [3.63, 3.8) is 0 Å². The van der Waals surface area contributed by atoms with Crippen LogP contribution in [0.1, 0.15) is 30.3 Å². The molecule has 5 heteroatoms. The first-order chi connectivity index (χ1) is 7.72. The summed E-state index contributed by atoms with van der Waals surface area (Å²) < 4.78 is 4.62. The second kappa shape index (κ2) is 4.47. The summed E-state index contributed by atoms with van der Waals surface area (Å²) in [6.45, 7) is 3.12. The van der Waals surface area contributed by atoms with Crippen LogP contribution in [-0.2, 0) is 4.74 Å². The average molecular weight is 221 g/mol. The number of ether oxygens (including phenoxy) is 1. The maximum Gasteiger partial charge on any atom is 0.358 e. The van der Waals surface area contributed by atoms with E-state index in [4.69, 9.17) is 0 Å². The van der Waals surface area contributed by atoms with E-state index in [1.54, 1.807) is 6.20 Å². The second-order valence-corrected chi connectivity index (χ2v) is 3.94. The van der Waals surface area contributed by atoms with Crippen molar-refractivity contribution in [3.05, 3.63) is 18.1 Å². The highest BCUT2D eigenvalue weighted by molar-refractivity contribution is 5.87. The number of rotatable bonds is 2. The summed E-state index contributed by atoms with van der Waals surface area (Å²) in [7, 11) is 1.34. The van der Waals surface area contributed by atoms with Gasteiger partial charge in [0.1, 0.15) is 5.82 Å². The van der Waals surface area contributed by atoms with Gasteiger partial charge in [-0.2, -0.15) is 0 Å². The lowest BCUT2D eigenvalue weighted by Crippen LogP contribution is -2.27. The molecule has 5 nitrogen and oxygen atoms in total. The Morgan fingerprint density at radius 3 is 3.00 bits per heavy atom. The Morgan fingerprint density at radius 2 is 2.38 bits per heavy atom. The van der Waals surface area contributed by atoms with Crippen LogP contribution in [0, 0.1) is 0 Å². The van der Waals surface area contributed by atoms with E-state index in [1.807, 2.05) is 0 Å². The van der Waals surface area contributed by atoms with E-state index >= 15 is 0 Å². The molecule has 0 amide bonds. The van der Waals surface area contributed by atoms with E-state index in [9.17, 15) is 4.79 Å². The maximum atomic E-state index is 11.3. The minimum absolute atomic E-state index is 0.263. The largest absolute Gasteiger partial charge is 0.464 e. The Hall–Kier alpha value is -1.65. The van der Waals surface area contributed by atoms with Gasteiger partial charge >= 0.3 is 5.97 Å². The smallest absolute Gasteiger partial charge is 0.358 e. The first-order valence-electron chi connectivity index (χ1n) is 5.39. The van der Waals surface area contributed by atoms with Crippen LogP contribution in [0.4, 0.5) is 5.82 Å². The number of hydrogen-bond acceptors (Lipinski definition) is 5. The van der Waals surface area contributed by atoms with Gasteiger partial charge in [0.15, 0.2) is 5.69 Å². The van der Waals surface area contributed by atoms with Crippen molar-refractivity contribution in [2.75, 3.05) is 18.6 Å². The number of carbonyl (C=O) groups excluding carboxylic acids is 1. The van der Waals surface area contributed by atoms with Crippen molar-refractivity contribution in [2.45, 2.75) is 25.8 Å². The van der Waals surface area contributed by atoms with E-state index < -0.39 is 5.97 Å². The summed E-state index contributed by atoms with van der Waals surface area (Å²) in [5.74, 6) is 0.314. The lowest BCUT2D eigenvalue weighted by atomic mass is 10.2. The Balaban J connectivity index is 2.25. The van der Waals surface area contributed by atoms with E-state index in [2.05, 4.69) is 26.5 Å². The van der Waals surface area contributed by atoms with Crippen LogP contribution in [0.3, 0.4) is 0 Å². The van der Waals surface area contributed by atoms with Crippen molar-refractivity contribution >= 4 is 11.8 Å². The normalized spacial score (nSPS) is 19.9. The summed E-state index contributed by atoms with van der Waals surface area (Å²) in [6, 6.07) is 0.460. The van der Waals surface area contributed by atoms with E-state index in [-0.39, 0.29) is 5.69 Å². The molecule has 86 valence electrons. The Bertz CT molecular complexity index is 395. The zero-order chi connectivity index (χ0) is 11.5. The van der Waals surface area contributed by atoms with Gasteiger partial charge < -0.3 is 9.64 Å². The van der Waals surface area contributed by atoms with E-state index in [0.717, 1.165) is 25.2 Å². The summed E-state index contributed by atoms with van der Waals surface area (Å²) in [5, 5.41) is 0. The molecule has 0 radical (unpaired) electrons. The predicted octanol–water partition coefficient (Wildman–Crippen LogP) is 1.25. The zero-order valence-electron chi connectivity index (χ0n) is 9.51. The van der Waals surface area contributed by atoms with Gasteiger partial charge in [-0.3, -0.25) is 4.98 Å². The standard InChI is InChI=1S/C11H15N3O2/c1-8-4-3-5-14(8)10-7-12-6-9(13-10)11(15)16-2/h6-8H,3-5H2,1-2H3/t8-/m1/s1. The molecular formula is C11H15N3O2. The van der Waals surface area contributed by atoms with E-state index in [1.165, 1.54) is 13.3 Å². The van der Waals surface area contributed by atoms with Crippen molar-refractivity contribution < 1.29 is 9.53 Å². The van der Waals surface area contributed by atoms with Crippen LogP contribution in [0.5, 0.6) is 0 Å². The number of aromatic nitrogens is 2. The minimum Gasteiger partial charge on any atom is -0.464 e. The third-order valence-corrected chi connectivity index (χ3v) is 2.86. The SMILES string of the molecule is COC(=O)c1cncc(N2CCC[C@H]2C)n1. The van der Waals surface area contributed by atoms with Crippen molar-refractivity contribution in [2.24, 2.45) is 0 Å². The molecule has 1 aliphatic rings. The summed E-state index contributed by atoms with van der Waals surface area (Å²) in [6.07, 6.45) is 5.43. The Labute approximate surface area is 94.5 Å². The fraction of sp³-hybridized carbons (Fsp3) is 0.545. The average Bonchev–Trinajstić information content (AvgIpc) is 2.74. The lowest BCUT2D eigenvalue weighted by Gasteiger charge is -2.22. The molecule has 0 spiro atoms. The number of nitrogens with zero attached hydrogens (tertiary/aromatic N) is 3. The van der Waals surface area contributed by atoms with Crippen LogP contribution < -0.4 is 4.90 Å². The van der Waals surface area contributed by atoms with Crippen LogP contribution in [0.15, 0.2) is 12.4 Å². The zero-order valence-corrected chi connectivity index (χ0v) is 9.51. The van der Waals surface area contributed by atoms with Crippen LogP contribution in [0.25, 0.3) is 0 Å². The molecule has 1 fully saturated rings. The lowest BCUT2D eigenvalue weighted by molar-refractivity contribution is 0.0593. The van der Waals surface area contributed by atoms with E-state index in [0.29, 0.717) is 6.04 Å². The van der Waals surface area contributed by atoms with Gasteiger partial charge in [0, 0.05) is 12.6 Å². The van der Waals surface area contributed by atoms with Gasteiger partial charge in [0.05, 0.1) is 19.5 Å². The summed E-state index contributed by atoms with van der Waals surface area (Å²) in [5.41, 5.74) is 0.263. The molecule has 1 aliphatic heterocycles. The molecular weight excluding hydrogens is 206 g/mol. The first-order valence-corrected chi connectivity index (χ1v) is 5.39. The van der Waals surface area contributed by atoms with Crippen molar-refractivity contribution in [1.29, 1.82) is 0 Å². The summed E-state index contributed by atoms with van der Waals surface area (Å²) in [4.78, 5) is 21.8. The Kier molecular flexibility index (Phi) is 3.03. The molecule has 0 bridgehead atoms. The highest BCUT2D eigenvalue weighted by atomic mass is 16.5. The molecule has 0 unspecified atom stereocenters. The quantitative estimate of drug-likeness (QED) is 0.703. The molecule has 0 N–H and O–H groups in total. The van der Waals surface area contributed by atoms with Gasteiger partial charge in [-0.05, 0) is 19.8 Å². The minimum atomic E-state index is -0.443. The third kappa shape index (κ3) is 1.98. The molecule has 0 aliphatic carbocycles. The highest BCUT2D eigenvalue weighted by Gasteiger charge is 2.22. The number of anilines is 1. The van der Waals surface area contributed by atoms with Crippen LogP contribution >= 0.6 is 0 Å². The third-order valence-electron chi connectivity index (χ3n) is 2.86. The molecule has 16 heavy (non-hydrogen) atoms. The Morgan fingerprint density at radius 1 is 1.56 bits per heavy atom. The second-order valence-electron chi connectivity index (χ2n) is 3.94. The number of methoxy groups -OCH3 is 1. The fourth-order valence-corrected chi connectivity index (χ4v) is 1.97. The van der Waals surface area contributed by atoms with Gasteiger partial charge in [0.25, 0.3) is 0 Å². The molecule has 1 aromatic heterocycles. The molecule has 0 aromatic carbocycles. The number of esters is 1. The molecule has 0 saturated carbocycles. The van der Waals surface area contributed by atoms with Crippen LogP contribution in [-0.4, -0.2) is 35.6 Å². The van der Waals surface area contributed by atoms with Crippen LogP contribution in [0.2, 0.25) is 0 Å². The topological polar surface area (TPSA) is 55.3 Å². The first kappa shape index (κ1) is 10.9. The van der Waals surface area contributed by atoms with Gasteiger partial charge in [-0.15, -0.1) is 0 Å². The molecule has 2 heterocycles. The highest BCUT2D eigenvalue weighted by Crippen LogP contribution is 2.22. The monoisotopic (exact) mass is 221 g/mol. The predicted molar refractivity (Wildman–Crippen MR) is 59.4 cm³/mol. The van der Waals surface area contributed by atoms with Crippen molar-refractivity contribution in [1.82, 2.24) is 9.97 Å². The van der Waals surface area contributed by atoms with Gasteiger partial charge in [-0.1, -0.05) is 0 Å². The maximum absolute atomic E-state index is 11.3. The molecule has 1 atom stereocenters. The fourth-order valence-electron chi connectivity index (χ4n) is 1.97. The molecule has 1 aromatic rings. The number of hydrogen-bond donors (Lipinski definition) is 0. The number of carbonyl (C=O) groups is 1. The van der Waals surface area contributed by atoms with Crippen molar-refractivity contribution in [3.8, 4) is 0 Å². The molecule has 2 rings (SSSR count).